The van der Waals surface area contributed by atoms with Gasteiger partial charge in [-0.3, -0.25) is 10.3 Å². The summed E-state index contributed by atoms with van der Waals surface area (Å²) in [5.41, 5.74) is 6.79. The molecule has 20 heavy (non-hydrogen) atoms. The minimum absolute atomic E-state index is 0.0836. The molecule has 3 nitrogen and oxygen atoms in total. The van der Waals surface area contributed by atoms with Gasteiger partial charge >= 0.3 is 0 Å². The summed E-state index contributed by atoms with van der Waals surface area (Å²) >= 11 is 0. The van der Waals surface area contributed by atoms with Crippen molar-refractivity contribution in [3.63, 3.8) is 0 Å². The largest absolute Gasteiger partial charge is 0.384 e. The monoisotopic (exact) mass is 277 g/mol. The fourth-order valence-electron chi connectivity index (χ4n) is 3.12. The number of amidine groups is 1. The zero-order valence-corrected chi connectivity index (χ0v) is 12.3. The Balaban J connectivity index is 2.07. The van der Waals surface area contributed by atoms with Gasteiger partial charge in [0.2, 0.25) is 0 Å². The SMILES string of the molecule is CC1CCCC(N(C)Cc2cc(F)cc(C(=N)N)c2)C1. The number of nitrogens with two attached hydrogens (primary N) is 1. The molecule has 0 saturated heterocycles. The maximum atomic E-state index is 13.6. The molecule has 0 aliphatic heterocycles. The summed E-state index contributed by atoms with van der Waals surface area (Å²) in [7, 11) is 2.10. The van der Waals surface area contributed by atoms with Crippen molar-refractivity contribution in [3.8, 4) is 0 Å². The standard InChI is InChI=1S/C16H24FN3/c1-11-4-3-5-15(6-11)20(2)10-12-7-13(16(18)19)9-14(17)8-12/h7-9,11,15H,3-6,10H2,1-2H3,(H3,18,19). The molecular weight excluding hydrogens is 253 g/mol. The first-order chi connectivity index (χ1) is 9.45. The van der Waals surface area contributed by atoms with Gasteiger partial charge in [0.1, 0.15) is 11.7 Å². The summed E-state index contributed by atoms with van der Waals surface area (Å²) in [6.07, 6.45) is 5.03. The van der Waals surface area contributed by atoms with Gasteiger partial charge in [-0.15, -0.1) is 0 Å². The van der Waals surface area contributed by atoms with Crippen LogP contribution in [0.5, 0.6) is 0 Å². The summed E-state index contributed by atoms with van der Waals surface area (Å²) in [5, 5.41) is 7.43. The Morgan fingerprint density at radius 3 is 2.80 bits per heavy atom. The van der Waals surface area contributed by atoms with E-state index in [0.29, 0.717) is 18.2 Å². The third-order valence-electron chi connectivity index (χ3n) is 4.23. The van der Waals surface area contributed by atoms with Gasteiger partial charge in [-0.1, -0.05) is 19.8 Å². The number of nitrogens with zero attached hydrogens (tertiary/aromatic N) is 1. The maximum absolute atomic E-state index is 13.6. The molecule has 1 aromatic rings. The average Bonchev–Trinajstić information content (AvgIpc) is 2.37. The van der Waals surface area contributed by atoms with Crippen LogP contribution in [0.3, 0.4) is 0 Å². The van der Waals surface area contributed by atoms with Crippen molar-refractivity contribution in [1.82, 2.24) is 4.90 Å². The van der Waals surface area contributed by atoms with Crippen LogP contribution in [-0.2, 0) is 6.54 Å². The summed E-state index contributed by atoms with van der Waals surface area (Å²) in [6.45, 7) is 3.01. The predicted octanol–water partition coefficient (Wildman–Crippen LogP) is 3.12. The van der Waals surface area contributed by atoms with E-state index in [1.165, 1.54) is 37.8 Å². The van der Waals surface area contributed by atoms with Crippen molar-refractivity contribution in [2.75, 3.05) is 7.05 Å². The third-order valence-corrected chi connectivity index (χ3v) is 4.23. The quantitative estimate of drug-likeness (QED) is 0.656. The first-order valence-corrected chi connectivity index (χ1v) is 7.30. The lowest BCUT2D eigenvalue weighted by Crippen LogP contribution is -2.35. The molecule has 0 amide bonds. The van der Waals surface area contributed by atoms with Crippen molar-refractivity contribution >= 4 is 5.84 Å². The maximum Gasteiger partial charge on any atom is 0.124 e. The topological polar surface area (TPSA) is 53.1 Å². The second kappa shape index (κ2) is 6.35. The zero-order valence-electron chi connectivity index (χ0n) is 12.3. The zero-order chi connectivity index (χ0) is 14.7. The molecule has 0 spiro atoms. The number of nitrogens with one attached hydrogen (secondary N) is 1. The molecule has 1 aromatic carbocycles. The van der Waals surface area contributed by atoms with Crippen molar-refractivity contribution < 1.29 is 4.39 Å². The van der Waals surface area contributed by atoms with Crippen LogP contribution in [0.15, 0.2) is 18.2 Å². The molecule has 2 unspecified atom stereocenters. The van der Waals surface area contributed by atoms with Crippen LogP contribution in [-0.4, -0.2) is 23.8 Å². The fourth-order valence-corrected chi connectivity index (χ4v) is 3.12. The van der Waals surface area contributed by atoms with E-state index in [0.717, 1.165) is 11.5 Å². The molecule has 3 N–H and O–H groups in total. The number of benzene rings is 1. The van der Waals surface area contributed by atoms with Gasteiger partial charge in [0.15, 0.2) is 0 Å². The van der Waals surface area contributed by atoms with Gasteiger partial charge in [0.25, 0.3) is 0 Å². The molecular formula is C16H24FN3. The van der Waals surface area contributed by atoms with E-state index in [1.54, 1.807) is 0 Å². The van der Waals surface area contributed by atoms with Crippen LogP contribution < -0.4 is 5.73 Å². The molecule has 4 heteroatoms. The van der Waals surface area contributed by atoms with Gasteiger partial charge in [-0.05, 0) is 49.6 Å². The molecule has 0 bridgehead atoms. The molecule has 2 atom stereocenters. The Morgan fingerprint density at radius 1 is 1.40 bits per heavy atom. The van der Waals surface area contributed by atoms with Crippen LogP contribution in [0, 0.1) is 17.1 Å². The first kappa shape index (κ1) is 15.0. The third kappa shape index (κ3) is 3.79. The van der Waals surface area contributed by atoms with Crippen molar-refractivity contribution in [3.05, 3.63) is 35.1 Å². The van der Waals surface area contributed by atoms with E-state index >= 15 is 0 Å². The van der Waals surface area contributed by atoms with E-state index in [-0.39, 0.29) is 11.7 Å². The smallest absolute Gasteiger partial charge is 0.124 e. The van der Waals surface area contributed by atoms with E-state index in [1.807, 2.05) is 6.07 Å². The Hall–Kier alpha value is -1.42. The van der Waals surface area contributed by atoms with E-state index in [9.17, 15) is 4.39 Å². The van der Waals surface area contributed by atoms with E-state index in [4.69, 9.17) is 11.1 Å². The molecule has 1 saturated carbocycles. The van der Waals surface area contributed by atoms with Gasteiger partial charge in [-0.2, -0.15) is 0 Å². The molecule has 110 valence electrons. The van der Waals surface area contributed by atoms with Gasteiger partial charge in [0, 0.05) is 18.2 Å². The number of nitrogen functional groups attached to an aromatic ring is 1. The summed E-state index contributed by atoms with van der Waals surface area (Å²) in [6, 6.07) is 5.24. The lowest BCUT2D eigenvalue weighted by atomic mass is 9.86. The average molecular weight is 277 g/mol. The van der Waals surface area contributed by atoms with Gasteiger partial charge in [0.05, 0.1) is 0 Å². The van der Waals surface area contributed by atoms with Crippen molar-refractivity contribution in [2.24, 2.45) is 11.7 Å². The number of hydrogen-bond acceptors (Lipinski definition) is 2. The number of rotatable bonds is 4. The molecule has 2 rings (SSSR count). The first-order valence-electron chi connectivity index (χ1n) is 7.30. The minimum atomic E-state index is -0.321. The van der Waals surface area contributed by atoms with Crippen molar-refractivity contribution in [1.29, 1.82) is 5.41 Å². The Kier molecular flexibility index (Phi) is 4.76. The lowest BCUT2D eigenvalue weighted by molar-refractivity contribution is 0.157. The Labute approximate surface area is 120 Å². The minimum Gasteiger partial charge on any atom is -0.384 e. The van der Waals surface area contributed by atoms with Crippen LogP contribution in [0.4, 0.5) is 4.39 Å². The second-order valence-corrected chi connectivity index (χ2v) is 6.10. The van der Waals surface area contributed by atoms with E-state index < -0.39 is 0 Å². The highest BCUT2D eigenvalue weighted by Gasteiger charge is 2.22. The predicted molar refractivity (Wildman–Crippen MR) is 80.3 cm³/mol. The van der Waals surface area contributed by atoms with Crippen LogP contribution in [0.25, 0.3) is 0 Å². The molecule has 1 aliphatic carbocycles. The number of hydrogen-bond donors (Lipinski definition) is 2. The highest BCUT2D eigenvalue weighted by Crippen LogP contribution is 2.27. The Bertz CT molecular complexity index is 487. The number of halogens is 1. The highest BCUT2D eigenvalue weighted by atomic mass is 19.1. The highest BCUT2D eigenvalue weighted by molar-refractivity contribution is 5.95. The summed E-state index contributed by atoms with van der Waals surface area (Å²) in [5.74, 6) is 0.370. The molecule has 0 radical (unpaired) electrons. The van der Waals surface area contributed by atoms with Gasteiger partial charge in [-0.25, -0.2) is 4.39 Å². The fraction of sp³-hybridized carbons (Fsp3) is 0.562. The Morgan fingerprint density at radius 2 is 2.15 bits per heavy atom. The summed E-state index contributed by atoms with van der Waals surface area (Å²) < 4.78 is 13.6. The molecule has 1 fully saturated rings. The normalized spacial score (nSPS) is 23.0. The van der Waals surface area contributed by atoms with Crippen LogP contribution in [0.1, 0.15) is 43.7 Å². The van der Waals surface area contributed by atoms with Crippen LogP contribution >= 0.6 is 0 Å². The molecule has 0 aromatic heterocycles. The van der Waals surface area contributed by atoms with E-state index in [2.05, 4.69) is 18.9 Å². The van der Waals surface area contributed by atoms with Crippen molar-refractivity contribution in [2.45, 2.75) is 45.2 Å². The molecule has 0 heterocycles. The lowest BCUT2D eigenvalue weighted by Gasteiger charge is -2.34. The molecule has 1 aliphatic rings. The summed E-state index contributed by atoms with van der Waals surface area (Å²) in [4.78, 5) is 2.30. The van der Waals surface area contributed by atoms with Crippen LogP contribution in [0.2, 0.25) is 0 Å². The van der Waals surface area contributed by atoms with Gasteiger partial charge < -0.3 is 5.73 Å². The second-order valence-electron chi connectivity index (χ2n) is 6.10.